The highest BCUT2D eigenvalue weighted by Gasteiger charge is 2.19. The number of amides is 1. The van der Waals surface area contributed by atoms with Gasteiger partial charge in [0, 0.05) is 39.5 Å². The number of rotatable bonds is 8. The highest BCUT2D eigenvalue weighted by Crippen LogP contribution is 2.17. The van der Waals surface area contributed by atoms with Crippen LogP contribution in [0.2, 0.25) is 0 Å². The predicted molar refractivity (Wildman–Crippen MR) is 99.5 cm³/mol. The molecule has 2 aromatic rings. The summed E-state index contributed by atoms with van der Waals surface area (Å²) in [5, 5.41) is 11.5. The van der Waals surface area contributed by atoms with E-state index in [1.54, 1.807) is 30.6 Å². The molecule has 27 heavy (non-hydrogen) atoms. The van der Waals surface area contributed by atoms with E-state index in [1.807, 2.05) is 17.6 Å². The molecule has 2 aromatic heterocycles. The van der Waals surface area contributed by atoms with Crippen LogP contribution < -0.4 is 5.32 Å². The molecule has 0 radical (unpaired) electrons. The standard InChI is InChI=1S/C18H26N6O3/c1-14(17-22-20-13-24(17)6-3-9-26-2)21-16-5-4-15(12-19-16)18(25)23-7-10-27-11-8-23/h4-5,12-14H,3,6-11H2,1-2H3,(H,19,21). The van der Waals surface area contributed by atoms with Gasteiger partial charge in [0.2, 0.25) is 0 Å². The molecule has 0 spiro atoms. The second-order valence-electron chi connectivity index (χ2n) is 6.43. The molecule has 0 aliphatic carbocycles. The molecule has 1 fully saturated rings. The highest BCUT2D eigenvalue weighted by molar-refractivity contribution is 5.94. The van der Waals surface area contributed by atoms with E-state index in [2.05, 4.69) is 20.5 Å². The number of carbonyl (C=O) groups excluding carboxylic acids is 1. The van der Waals surface area contributed by atoms with Crippen molar-refractivity contribution in [2.75, 3.05) is 45.3 Å². The van der Waals surface area contributed by atoms with Gasteiger partial charge in [-0.05, 0) is 25.5 Å². The van der Waals surface area contributed by atoms with Crippen LogP contribution in [0.4, 0.5) is 5.82 Å². The number of anilines is 1. The van der Waals surface area contributed by atoms with E-state index in [9.17, 15) is 4.79 Å². The molecule has 1 aliphatic heterocycles. The first-order valence-corrected chi connectivity index (χ1v) is 9.15. The van der Waals surface area contributed by atoms with Gasteiger partial charge in [-0.25, -0.2) is 4.98 Å². The maximum atomic E-state index is 12.5. The van der Waals surface area contributed by atoms with Crippen LogP contribution in [0.25, 0.3) is 0 Å². The lowest BCUT2D eigenvalue weighted by molar-refractivity contribution is 0.0302. The first-order valence-electron chi connectivity index (χ1n) is 9.15. The molecule has 146 valence electrons. The fraction of sp³-hybridized carbons (Fsp3) is 0.556. The number of carbonyl (C=O) groups is 1. The first kappa shape index (κ1) is 19.2. The molecular weight excluding hydrogens is 348 g/mol. The van der Waals surface area contributed by atoms with Gasteiger partial charge in [0.05, 0.1) is 24.8 Å². The Kier molecular flexibility index (Phi) is 6.72. The molecule has 9 heteroatoms. The molecule has 3 heterocycles. The Labute approximate surface area is 158 Å². The maximum Gasteiger partial charge on any atom is 0.255 e. The van der Waals surface area contributed by atoms with Gasteiger partial charge in [-0.1, -0.05) is 0 Å². The lowest BCUT2D eigenvalue weighted by Gasteiger charge is -2.26. The smallest absolute Gasteiger partial charge is 0.255 e. The van der Waals surface area contributed by atoms with Crippen molar-refractivity contribution < 1.29 is 14.3 Å². The number of methoxy groups -OCH3 is 1. The average molecular weight is 374 g/mol. The van der Waals surface area contributed by atoms with E-state index in [1.165, 1.54) is 0 Å². The monoisotopic (exact) mass is 374 g/mol. The van der Waals surface area contributed by atoms with Crippen LogP contribution >= 0.6 is 0 Å². The zero-order valence-electron chi connectivity index (χ0n) is 15.8. The Hall–Kier alpha value is -2.52. The first-order chi connectivity index (χ1) is 13.2. The summed E-state index contributed by atoms with van der Waals surface area (Å²) in [6, 6.07) is 3.54. The zero-order chi connectivity index (χ0) is 19.1. The van der Waals surface area contributed by atoms with Gasteiger partial charge in [-0.3, -0.25) is 4.79 Å². The fourth-order valence-electron chi connectivity index (χ4n) is 2.99. The third-order valence-electron chi connectivity index (χ3n) is 4.45. The number of morpholine rings is 1. The molecule has 0 bridgehead atoms. The minimum Gasteiger partial charge on any atom is -0.385 e. The summed E-state index contributed by atoms with van der Waals surface area (Å²) in [6.07, 6.45) is 4.22. The second-order valence-corrected chi connectivity index (χ2v) is 6.43. The van der Waals surface area contributed by atoms with Gasteiger partial charge >= 0.3 is 0 Å². The quantitative estimate of drug-likeness (QED) is 0.697. The topological polar surface area (TPSA) is 94.4 Å². The van der Waals surface area contributed by atoms with Crippen molar-refractivity contribution in [3.8, 4) is 0 Å². The highest BCUT2D eigenvalue weighted by atomic mass is 16.5. The molecular formula is C18H26N6O3. The van der Waals surface area contributed by atoms with Gasteiger partial charge < -0.3 is 24.3 Å². The van der Waals surface area contributed by atoms with Gasteiger partial charge in [0.25, 0.3) is 5.91 Å². The summed E-state index contributed by atoms with van der Waals surface area (Å²) in [5.74, 6) is 1.51. The molecule has 9 nitrogen and oxygen atoms in total. The van der Waals surface area contributed by atoms with Crippen LogP contribution in [-0.2, 0) is 16.0 Å². The van der Waals surface area contributed by atoms with Crippen LogP contribution in [0.5, 0.6) is 0 Å². The molecule has 1 unspecified atom stereocenters. The maximum absolute atomic E-state index is 12.5. The van der Waals surface area contributed by atoms with E-state index >= 15 is 0 Å². The van der Waals surface area contributed by atoms with Crippen LogP contribution in [0, 0.1) is 0 Å². The molecule has 3 rings (SSSR count). The lowest BCUT2D eigenvalue weighted by atomic mass is 10.2. The van der Waals surface area contributed by atoms with Crippen molar-refractivity contribution >= 4 is 11.7 Å². The summed E-state index contributed by atoms with van der Waals surface area (Å²) in [6.45, 7) is 5.90. The Balaban J connectivity index is 1.59. The Morgan fingerprint density at radius 1 is 1.37 bits per heavy atom. The Morgan fingerprint density at radius 2 is 2.19 bits per heavy atom. The number of ether oxygens (including phenoxy) is 2. The van der Waals surface area contributed by atoms with Crippen molar-refractivity contribution in [2.45, 2.75) is 25.9 Å². The zero-order valence-corrected chi connectivity index (χ0v) is 15.8. The normalized spacial score (nSPS) is 15.6. The van der Waals surface area contributed by atoms with Crippen molar-refractivity contribution in [1.29, 1.82) is 0 Å². The molecule has 0 saturated carbocycles. The molecule has 1 N–H and O–H groups in total. The summed E-state index contributed by atoms with van der Waals surface area (Å²) in [5.41, 5.74) is 0.581. The van der Waals surface area contributed by atoms with Crippen LogP contribution in [-0.4, -0.2) is 70.6 Å². The SMILES string of the molecule is COCCCn1cnnc1C(C)Nc1ccc(C(=O)N2CCOCC2)cn1. The third kappa shape index (κ3) is 5.01. The number of hydrogen-bond donors (Lipinski definition) is 1. The summed E-state index contributed by atoms with van der Waals surface area (Å²) < 4.78 is 12.4. The van der Waals surface area contributed by atoms with E-state index in [-0.39, 0.29) is 11.9 Å². The average Bonchev–Trinajstić information content (AvgIpc) is 3.18. The van der Waals surface area contributed by atoms with Crippen LogP contribution in [0.1, 0.15) is 35.6 Å². The predicted octanol–water partition coefficient (Wildman–Crippen LogP) is 1.36. The molecule has 1 atom stereocenters. The Morgan fingerprint density at radius 3 is 2.89 bits per heavy atom. The molecule has 0 aromatic carbocycles. The van der Waals surface area contributed by atoms with E-state index < -0.39 is 0 Å². The summed E-state index contributed by atoms with van der Waals surface area (Å²) in [7, 11) is 1.69. The fourth-order valence-corrected chi connectivity index (χ4v) is 2.99. The molecule has 1 aliphatic rings. The molecule has 1 saturated heterocycles. The van der Waals surface area contributed by atoms with E-state index in [4.69, 9.17) is 9.47 Å². The van der Waals surface area contributed by atoms with Crippen LogP contribution in [0.15, 0.2) is 24.7 Å². The summed E-state index contributed by atoms with van der Waals surface area (Å²) in [4.78, 5) is 18.6. The van der Waals surface area contributed by atoms with Gasteiger partial charge in [0.15, 0.2) is 5.82 Å². The molecule has 1 amide bonds. The largest absolute Gasteiger partial charge is 0.385 e. The van der Waals surface area contributed by atoms with Crippen molar-refractivity contribution in [2.24, 2.45) is 0 Å². The summed E-state index contributed by atoms with van der Waals surface area (Å²) >= 11 is 0. The van der Waals surface area contributed by atoms with Crippen molar-refractivity contribution in [1.82, 2.24) is 24.6 Å². The van der Waals surface area contributed by atoms with Gasteiger partial charge in [0.1, 0.15) is 12.1 Å². The lowest BCUT2D eigenvalue weighted by Crippen LogP contribution is -2.40. The number of aromatic nitrogens is 4. The Bertz CT molecular complexity index is 727. The van der Waals surface area contributed by atoms with E-state index in [0.717, 1.165) is 18.8 Å². The van der Waals surface area contributed by atoms with Crippen molar-refractivity contribution in [3.05, 3.63) is 36.0 Å². The number of hydrogen-bond acceptors (Lipinski definition) is 7. The second kappa shape index (κ2) is 9.43. The number of pyridine rings is 1. The van der Waals surface area contributed by atoms with Crippen LogP contribution in [0.3, 0.4) is 0 Å². The number of nitrogens with one attached hydrogen (secondary N) is 1. The minimum absolute atomic E-state index is 0.0108. The minimum atomic E-state index is -0.0664. The van der Waals surface area contributed by atoms with Gasteiger partial charge in [-0.15, -0.1) is 10.2 Å². The number of nitrogens with zero attached hydrogens (tertiary/aromatic N) is 5. The number of aryl methyl sites for hydroxylation is 1. The van der Waals surface area contributed by atoms with Crippen molar-refractivity contribution in [3.63, 3.8) is 0 Å². The van der Waals surface area contributed by atoms with Gasteiger partial charge in [-0.2, -0.15) is 0 Å². The third-order valence-corrected chi connectivity index (χ3v) is 4.45. The van der Waals surface area contributed by atoms with E-state index in [0.29, 0.717) is 44.3 Å².